The third kappa shape index (κ3) is 6.37. The minimum atomic E-state index is -5.46. The van der Waals surface area contributed by atoms with Crippen molar-refractivity contribution in [1.29, 1.82) is 0 Å². The molecule has 4 aromatic rings. The number of hydrogen-bond acceptors (Lipinski definition) is 11. The fourth-order valence-corrected chi connectivity index (χ4v) is 5.55. The summed E-state index contributed by atoms with van der Waals surface area (Å²) in [5.41, 5.74) is 0.830. The van der Waals surface area contributed by atoms with Crippen molar-refractivity contribution in [2.24, 2.45) is 0 Å². The second-order valence-corrected chi connectivity index (χ2v) is 11.0. The van der Waals surface area contributed by atoms with Crippen LogP contribution in [0.5, 0.6) is 5.88 Å². The highest BCUT2D eigenvalue weighted by atomic mass is 32.2. The minimum absolute atomic E-state index is 0.144. The van der Waals surface area contributed by atoms with Crippen LogP contribution < -0.4 is 19.7 Å². The number of sulfonamides is 1. The van der Waals surface area contributed by atoms with Gasteiger partial charge in [0.15, 0.2) is 0 Å². The maximum Gasteiger partial charge on any atom is 0.491 e. The zero-order valence-corrected chi connectivity index (χ0v) is 23.5. The number of fused-ring (bicyclic) bond motifs is 1. The van der Waals surface area contributed by atoms with E-state index in [0.717, 1.165) is 37.4 Å². The van der Waals surface area contributed by atoms with Gasteiger partial charge in [-0.25, -0.2) is 37.3 Å². The number of methoxy groups -OCH3 is 1. The van der Waals surface area contributed by atoms with Crippen LogP contribution in [0.1, 0.15) is 10.4 Å². The number of aromatic nitrogens is 3. The first-order valence-corrected chi connectivity index (χ1v) is 14.3. The van der Waals surface area contributed by atoms with Crippen LogP contribution in [0.4, 0.5) is 29.1 Å². The molecule has 3 heterocycles. The zero-order chi connectivity index (χ0) is 31.6. The number of alkyl halides is 3. The van der Waals surface area contributed by atoms with Crippen molar-refractivity contribution in [3.63, 3.8) is 0 Å². The number of nitrogens with one attached hydrogen (secondary N) is 2. The van der Waals surface area contributed by atoms with Crippen LogP contribution in [0, 0.1) is 5.82 Å². The van der Waals surface area contributed by atoms with E-state index in [0.29, 0.717) is 34.8 Å². The number of pyridine rings is 1. The highest BCUT2D eigenvalue weighted by molar-refractivity contribution is 7.92. The lowest BCUT2D eigenvalue weighted by atomic mass is 10.0. The van der Waals surface area contributed by atoms with E-state index in [9.17, 15) is 35.6 Å². The van der Waals surface area contributed by atoms with E-state index in [2.05, 4.69) is 34.6 Å². The topological polar surface area (TPSA) is 153 Å². The highest BCUT2D eigenvalue weighted by Crippen LogP contribution is 2.33. The van der Waals surface area contributed by atoms with E-state index < -0.39 is 44.4 Å². The lowest BCUT2D eigenvalue weighted by Crippen LogP contribution is -2.44. The first kappa shape index (κ1) is 30.6. The molecule has 230 valence electrons. The van der Waals surface area contributed by atoms with Gasteiger partial charge in [0.05, 0.1) is 18.2 Å². The summed E-state index contributed by atoms with van der Waals surface area (Å²) in [5, 5.41) is 4.05. The molecule has 1 fully saturated rings. The van der Waals surface area contributed by atoms with Crippen molar-refractivity contribution in [3.8, 4) is 17.0 Å². The van der Waals surface area contributed by atoms with E-state index in [1.807, 2.05) is 6.07 Å². The van der Waals surface area contributed by atoms with Crippen molar-refractivity contribution in [2.75, 3.05) is 42.9 Å². The molecular weight excluding hydrogens is 612 g/mol. The first-order valence-electron chi connectivity index (χ1n) is 12.8. The Balaban J connectivity index is 1.44. The van der Waals surface area contributed by atoms with Gasteiger partial charge in [-0.15, -0.1) is 0 Å². The average molecular weight is 635 g/mol. The molecule has 1 aliphatic rings. The van der Waals surface area contributed by atoms with Gasteiger partial charge >= 0.3 is 18.1 Å². The van der Waals surface area contributed by atoms with Gasteiger partial charge in [0.1, 0.15) is 28.5 Å². The summed E-state index contributed by atoms with van der Waals surface area (Å²) < 4.78 is 89.3. The molecule has 0 atom stereocenters. The molecule has 0 unspecified atom stereocenters. The van der Waals surface area contributed by atoms with Crippen molar-refractivity contribution in [3.05, 3.63) is 66.4 Å². The number of nitrogens with zero attached hydrogens (tertiary/aromatic N) is 4. The second kappa shape index (κ2) is 12.0. The number of carbonyl (C=O) groups excluding carboxylic acids is 2. The summed E-state index contributed by atoms with van der Waals surface area (Å²) in [6.45, 7) is 3.08. The van der Waals surface area contributed by atoms with Crippen LogP contribution in [0.3, 0.4) is 0 Å². The fourth-order valence-electron chi connectivity index (χ4n) is 4.44. The van der Waals surface area contributed by atoms with E-state index >= 15 is 0 Å². The zero-order valence-electron chi connectivity index (χ0n) is 22.7. The van der Waals surface area contributed by atoms with Gasteiger partial charge in [0, 0.05) is 43.3 Å². The Bertz CT molecular complexity index is 1870. The molecule has 2 aromatic carbocycles. The van der Waals surface area contributed by atoms with Gasteiger partial charge in [-0.1, -0.05) is 6.07 Å². The molecule has 44 heavy (non-hydrogen) atoms. The van der Waals surface area contributed by atoms with E-state index in [-0.39, 0.29) is 11.6 Å². The van der Waals surface area contributed by atoms with Crippen molar-refractivity contribution in [1.82, 2.24) is 20.3 Å². The quantitative estimate of drug-likeness (QED) is 0.175. The molecule has 12 nitrogen and oxygen atoms in total. The normalized spacial score (nSPS) is 13.9. The van der Waals surface area contributed by atoms with Crippen LogP contribution in [0.15, 0.2) is 59.9 Å². The minimum Gasteiger partial charge on any atom is -0.480 e. The van der Waals surface area contributed by atoms with Crippen molar-refractivity contribution >= 4 is 44.4 Å². The number of halogens is 4. The standard InChI is InChI=1S/C27H22F4N6O6S/c1-42-24-21(36-44(40,41)22-5-3-16(11-19(22)28)25(38)43-26(39)27(29,30)31)12-17(13-33-24)15-2-4-20-18(10-15)23(35-14-34-20)37-8-6-32-7-9-37/h2-5,10-14,32,36H,6-9H2,1H3. The van der Waals surface area contributed by atoms with Crippen LogP contribution in [-0.4, -0.2) is 74.8 Å². The monoisotopic (exact) mass is 634 g/mol. The third-order valence-corrected chi connectivity index (χ3v) is 7.93. The largest absolute Gasteiger partial charge is 0.491 e. The van der Waals surface area contributed by atoms with E-state index in [1.165, 1.54) is 25.7 Å². The Hall–Kier alpha value is -4.90. The number of rotatable bonds is 7. The molecule has 0 spiro atoms. The lowest BCUT2D eigenvalue weighted by Gasteiger charge is -2.29. The summed E-state index contributed by atoms with van der Waals surface area (Å²) in [5.74, 6) is -5.52. The van der Waals surface area contributed by atoms with Crippen LogP contribution >= 0.6 is 0 Å². The Morgan fingerprint density at radius 1 is 1.00 bits per heavy atom. The summed E-state index contributed by atoms with van der Waals surface area (Å²) in [6.07, 6.45) is -2.52. The van der Waals surface area contributed by atoms with E-state index in [1.54, 1.807) is 12.1 Å². The number of anilines is 2. The predicted molar refractivity (Wildman–Crippen MR) is 148 cm³/mol. The van der Waals surface area contributed by atoms with Gasteiger partial charge in [-0.05, 0) is 42.0 Å². The molecule has 0 saturated carbocycles. The molecule has 0 bridgehead atoms. The van der Waals surface area contributed by atoms with Crippen molar-refractivity contribution in [2.45, 2.75) is 11.1 Å². The Labute approximate surface area is 247 Å². The number of hydrogen-bond donors (Lipinski definition) is 2. The molecular formula is C27H22F4N6O6S. The van der Waals surface area contributed by atoms with Gasteiger partial charge in [0.25, 0.3) is 10.0 Å². The molecule has 5 rings (SSSR count). The number of esters is 2. The van der Waals surface area contributed by atoms with Gasteiger partial charge in [-0.3, -0.25) is 4.72 Å². The third-order valence-electron chi connectivity index (χ3n) is 6.53. The first-order chi connectivity index (χ1) is 20.9. The van der Waals surface area contributed by atoms with Gasteiger partial charge in [0.2, 0.25) is 5.88 Å². The number of carbonyl (C=O) groups is 2. The van der Waals surface area contributed by atoms with Crippen LogP contribution in [-0.2, 0) is 19.6 Å². The molecule has 2 aromatic heterocycles. The second-order valence-electron chi connectivity index (χ2n) is 9.37. The Morgan fingerprint density at radius 2 is 1.75 bits per heavy atom. The van der Waals surface area contributed by atoms with Crippen LogP contribution in [0.25, 0.3) is 22.0 Å². The number of ether oxygens (including phenoxy) is 2. The molecule has 0 aliphatic carbocycles. The Kier molecular flexibility index (Phi) is 8.33. The lowest BCUT2D eigenvalue weighted by molar-refractivity contribution is -0.193. The fraction of sp³-hybridized carbons (Fsp3) is 0.222. The SMILES string of the molecule is COc1ncc(-c2ccc3ncnc(N4CCNCC4)c3c2)cc1NS(=O)(=O)c1ccc(C(=O)OC(=O)C(F)(F)F)cc1F. The average Bonchev–Trinajstić information content (AvgIpc) is 3.00. The summed E-state index contributed by atoms with van der Waals surface area (Å²) in [6, 6.07) is 8.48. The van der Waals surface area contributed by atoms with Gasteiger partial charge < -0.3 is 19.7 Å². The smallest absolute Gasteiger partial charge is 0.480 e. The predicted octanol–water partition coefficient (Wildman–Crippen LogP) is 3.30. The molecule has 17 heteroatoms. The summed E-state index contributed by atoms with van der Waals surface area (Å²) >= 11 is 0. The molecule has 2 N–H and O–H groups in total. The summed E-state index contributed by atoms with van der Waals surface area (Å²) in [4.78, 5) is 36.9. The number of piperazine rings is 1. The molecule has 1 saturated heterocycles. The summed E-state index contributed by atoms with van der Waals surface area (Å²) in [7, 11) is -3.45. The van der Waals surface area contributed by atoms with Crippen molar-refractivity contribution < 1.29 is 45.0 Å². The number of benzene rings is 2. The maximum absolute atomic E-state index is 14.8. The molecule has 0 amide bonds. The van der Waals surface area contributed by atoms with E-state index in [4.69, 9.17) is 4.74 Å². The molecule has 1 aliphatic heterocycles. The maximum atomic E-state index is 14.8. The molecule has 0 radical (unpaired) electrons. The Morgan fingerprint density at radius 3 is 2.43 bits per heavy atom. The van der Waals surface area contributed by atoms with Crippen LogP contribution in [0.2, 0.25) is 0 Å². The highest BCUT2D eigenvalue weighted by Gasteiger charge is 2.42. The van der Waals surface area contributed by atoms with Gasteiger partial charge in [-0.2, -0.15) is 13.2 Å².